The second-order valence-electron chi connectivity index (χ2n) is 5.92. The Labute approximate surface area is 150 Å². The number of likely N-dealkylation sites (N-methyl/N-ethyl adjacent to an activating group) is 1. The van der Waals surface area contributed by atoms with E-state index in [1.54, 1.807) is 16.2 Å². The van der Waals surface area contributed by atoms with Crippen LogP contribution in [0, 0.1) is 0 Å². The molecule has 1 fully saturated rings. The maximum Gasteiger partial charge on any atom is 0.264 e. The standard InChI is InChI=1S/C18H22N2O2S2/c1-2-19(13-14-7-5-11-23-14)17(21)15-8-3-4-10-20(15)18(22)16-9-6-12-24-16/h5-7,9,11-12,15H,2-4,8,10,13H2,1H3. The molecule has 0 spiro atoms. The molecule has 1 aliphatic rings. The van der Waals surface area contributed by atoms with Crippen molar-refractivity contribution in [2.75, 3.05) is 13.1 Å². The first kappa shape index (κ1) is 17.2. The van der Waals surface area contributed by atoms with Crippen LogP contribution in [0.5, 0.6) is 0 Å². The van der Waals surface area contributed by atoms with Gasteiger partial charge in [0.15, 0.2) is 0 Å². The lowest BCUT2D eigenvalue weighted by atomic mass is 10.0. The summed E-state index contributed by atoms with van der Waals surface area (Å²) in [6, 6.07) is 7.45. The number of hydrogen-bond acceptors (Lipinski definition) is 4. The molecule has 0 aromatic carbocycles. The first-order valence-corrected chi connectivity index (χ1v) is 10.1. The molecule has 1 saturated heterocycles. The normalized spacial score (nSPS) is 17.7. The highest BCUT2D eigenvalue weighted by atomic mass is 32.1. The Morgan fingerprint density at radius 1 is 1.21 bits per heavy atom. The zero-order chi connectivity index (χ0) is 16.9. The van der Waals surface area contributed by atoms with Crippen LogP contribution in [-0.4, -0.2) is 40.7 Å². The minimum absolute atomic E-state index is 0.00442. The molecule has 6 heteroatoms. The number of nitrogens with zero attached hydrogens (tertiary/aromatic N) is 2. The maximum atomic E-state index is 13.1. The van der Waals surface area contributed by atoms with Crippen molar-refractivity contribution >= 4 is 34.5 Å². The topological polar surface area (TPSA) is 40.6 Å². The van der Waals surface area contributed by atoms with Crippen LogP contribution < -0.4 is 0 Å². The number of carbonyl (C=O) groups is 2. The largest absolute Gasteiger partial charge is 0.336 e. The smallest absolute Gasteiger partial charge is 0.264 e. The lowest BCUT2D eigenvalue weighted by molar-refractivity contribution is -0.137. The van der Waals surface area contributed by atoms with Gasteiger partial charge in [-0.2, -0.15) is 0 Å². The summed E-state index contributed by atoms with van der Waals surface area (Å²) in [5, 5.41) is 3.93. The lowest BCUT2D eigenvalue weighted by Gasteiger charge is -2.37. The van der Waals surface area contributed by atoms with Gasteiger partial charge in [0, 0.05) is 18.0 Å². The molecule has 3 rings (SSSR count). The van der Waals surface area contributed by atoms with Crippen molar-refractivity contribution in [3.63, 3.8) is 0 Å². The number of amides is 2. The molecule has 0 aliphatic carbocycles. The zero-order valence-corrected chi connectivity index (χ0v) is 15.4. The van der Waals surface area contributed by atoms with Crippen molar-refractivity contribution in [3.05, 3.63) is 44.8 Å². The number of hydrogen-bond donors (Lipinski definition) is 0. The van der Waals surface area contributed by atoms with Gasteiger partial charge < -0.3 is 9.80 Å². The van der Waals surface area contributed by atoms with Gasteiger partial charge in [-0.25, -0.2) is 0 Å². The predicted octanol–water partition coefficient (Wildman–Crippen LogP) is 3.85. The molecule has 2 aromatic heterocycles. The molecule has 2 aromatic rings. The first-order valence-electron chi connectivity index (χ1n) is 8.36. The average molecular weight is 363 g/mol. The van der Waals surface area contributed by atoms with E-state index in [4.69, 9.17) is 0 Å². The van der Waals surface area contributed by atoms with Crippen LogP contribution in [0.1, 0.15) is 40.7 Å². The summed E-state index contributed by atoms with van der Waals surface area (Å²) in [4.78, 5) is 31.4. The summed E-state index contributed by atoms with van der Waals surface area (Å²) < 4.78 is 0. The number of rotatable bonds is 5. The number of likely N-dealkylation sites (tertiary alicyclic amines) is 1. The van der Waals surface area contributed by atoms with E-state index < -0.39 is 0 Å². The van der Waals surface area contributed by atoms with Gasteiger partial charge in [0.05, 0.1) is 11.4 Å². The van der Waals surface area contributed by atoms with E-state index in [0.717, 1.165) is 24.1 Å². The fourth-order valence-electron chi connectivity index (χ4n) is 3.12. The lowest BCUT2D eigenvalue weighted by Crippen LogP contribution is -2.52. The summed E-state index contributed by atoms with van der Waals surface area (Å²) in [6.07, 6.45) is 2.73. The molecule has 128 valence electrons. The van der Waals surface area contributed by atoms with Gasteiger partial charge in [-0.3, -0.25) is 9.59 Å². The van der Waals surface area contributed by atoms with E-state index in [9.17, 15) is 9.59 Å². The van der Waals surface area contributed by atoms with Gasteiger partial charge in [0.1, 0.15) is 6.04 Å². The summed E-state index contributed by atoms with van der Waals surface area (Å²) in [7, 11) is 0. The van der Waals surface area contributed by atoms with Crippen LogP contribution in [-0.2, 0) is 11.3 Å². The van der Waals surface area contributed by atoms with Crippen molar-refractivity contribution in [2.24, 2.45) is 0 Å². The van der Waals surface area contributed by atoms with Crippen LogP contribution in [0.25, 0.3) is 0 Å². The molecule has 4 nitrogen and oxygen atoms in total. The molecule has 1 unspecified atom stereocenters. The van der Waals surface area contributed by atoms with Crippen LogP contribution >= 0.6 is 22.7 Å². The molecule has 0 saturated carbocycles. The van der Waals surface area contributed by atoms with Gasteiger partial charge in [-0.15, -0.1) is 22.7 Å². The van der Waals surface area contributed by atoms with Crippen molar-refractivity contribution in [2.45, 2.75) is 38.8 Å². The number of carbonyl (C=O) groups excluding carboxylic acids is 2. The van der Waals surface area contributed by atoms with Crippen molar-refractivity contribution in [1.29, 1.82) is 0 Å². The third-order valence-corrected chi connectivity index (χ3v) is 6.12. The molecular weight excluding hydrogens is 340 g/mol. The van der Waals surface area contributed by atoms with Gasteiger partial charge in [0.25, 0.3) is 5.91 Å². The van der Waals surface area contributed by atoms with E-state index in [1.165, 1.54) is 16.2 Å². The van der Waals surface area contributed by atoms with Crippen LogP contribution in [0.15, 0.2) is 35.0 Å². The predicted molar refractivity (Wildman–Crippen MR) is 98.4 cm³/mol. The third-order valence-electron chi connectivity index (χ3n) is 4.40. The third kappa shape index (κ3) is 3.70. The minimum Gasteiger partial charge on any atom is -0.336 e. The molecule has 24 heavy (non-hydrogen) atoms. The minimum atomic E-state index is -0.326. The summed E-state index contributed by atoms with van der Waals surface area (Å²) in [6.45, 7) is 3.96. The number of piperidine rings is 1. The highest BCUT2D eigenvalue weighted by molar-refractivity contribution is 7.12. The summed E-state index contributed by atoms with van der Waals surface area (Å²) >= 11 is 3.10. The Hall–Kier alpha value is -1.66. The van der Waals surface area contributed by atoms with Crippen LogP contribution in [0.3, 0.4) is 0 Å². The molecule has 0 bridgehead atoms. The Balaban J connectivity index is 1.76. The van der Waals surface area contributed by atoms with Gasteiger partial charge in [-0.05, 0) is 49.1 Å². The first-order chi connectivity index (χ1) is 11.7. The van der Waals surface area contributed by atoms with E-state index in [2.05, 4.69) is 6.07 Å². The molecule has 0 N–H and O–H groups in total. The highest BCUT2D eigenvalue weighted by Gasteiger charge is 2.35. The average Bonchev–Trinajstić information content (AvgIpc) is 3.32. The Morgan fingerprint density at radius 3 is 2.67 bits per heavy atom. The highest BCUT2D eigenvalue weighted by Crippen LogP contribution is 2.24. The fourth-order valence-corrected chi connectivity index (χ4v) is 4.52. The summed E-state index contributed by atoms with van der Waals surface area (Å²) in [5.74, 6) is 0.0748. The Kier molecular flexibility index (Phi) is 5.68. The maximum absolute atomic E-state index is 13.1. The molecule has 3 heterocycles. The number of thiophene rings is 2. The zero-order valence-electron chi connectivity index (χ0n) is 13.8. The molecule has 1 atom stereocenters. The van der Waals surface area contributed by atoms with Gasteiger partial charge >= 0.3 is 0 Å². The van der Waals surface area contributed by atoms with Crippen molar-refractivity contribution in [1.82, 2.24) is 9.80 Å². The second kappa shape index (κ2) is 7.94. The van der Waals surface area contributed by atoms with E-state index in [-0.39, 0.29) is 17.9 Å². The SMILES string of the molecule is CCN(Cc1cccs1)C(=O)C1CCCCN1C(=O)c1cccs1. The quantitative estimate of drug-likeness (QED) is 0.810. The fraction of sp³-hybridized carbons (Fsp3) is 0.444. The van der Waals surface area contributed by atoms with E-state index in [1.807, 2.05) is 40.8 Å². The van der Waals surface area contributed by atoms with Gasteiger partial charge in [0.2, 0.25) is 5.91 Å². The molecule has 2 amide bonds. The molecule has 0 radical (unpaired) electrons. The second-order valence-corrected chi connectivity index (χ2v) is 7.90. The monoisotopic (exact) mass is 362 g/mol. The molecule has 1 aliphatic heterocycles. The van der Waals surface area contributed by atoms with Crippen molar-refractivity contribution < 1.29 is 9.59 Å². The van der Waals surface area contributed by atoms with Crippen LogP contribution in [0.2, 0.25) is 0 Å². The Bertz CT molecular complexity index is 667. The summed E-state index contributed by atoms with van der Waals surface area (Å²) in [5.41, 5.74) is 0. The van der Waals surface area contributed by atoms with Gasteiger partial charge in [-0.1, -0.05) is 12.1 Å². The van der Waals surface area contributed by atoms with E-state index in [0.29, 0.717) is 19.6 Å². The Morgan fingerprint density at radius 2 is 2.00 bits per heavy atom. The van der Waals surface area contributed by atoms with Crippen molar-refractivity contribution in [3.8, 4) is 0 Å². The van der Waals surface area contributed by atoms with E-state index >= 15 is 0 Å². The molecular formula is C18H22N2O2S2. The van der Waals surface area contributed by atoms with Crippen LogP contribution in [0.4, 0.5) is 0 Å².